The lowest BCUT2D eigenvalue weighted by Crippen LogP contribution is -2.13. The SMILES string of the molecule is C=C1c2ccccc2Nc2[nH]c3ccccc3c2N1c1ccccc1. The van der Waals surface area contributed by atoms with Crippen LogP contribution in [0.25, 0.3) is 16.6 Å². The predicted octanol–water partition coefficient (Wildman–Crippen LogP) is 6.03. The number of anilines is 4. The fraction of sp³-hybridized carbons (Fsp3) is 0. The van der Waals surface area contributed by atoms with E-state index in [1.54, 1.807) is 0 Å². The lowest BCUT2D eigenvalue weighted by atomic mass is 10.1. The van der Waals surface area contributed by atoms with Crippen LogP contribution in [0.5, 0.6) is 0 Å². The van der Waals surface area contributed by atoms with Gasteiger partial charge in [0.15, 0.2) is 0 Å². The summed E-state index contributed by atoms with van der Waals surface area (Å²) in [6.45, 7) is 4.43. The average molecular weight is 323 g/mol. The van der Waals surface area contributed by atoms with Crippen molar-refractivity contribution in [2.24, 2.45) is 0 Å². The zero-order valence-electron chi connectivity index (χ0n) is 13.7. The predicted molar refractivity (Wildman–Crippen MR) is 106 cm³/mol. The van der Waals surface area contributed by atoms with Crippen LogP contribution in [-0.4, -0.2) is 4.98 Å². The van der Waals surface area contributed by atoms with Crippen molar-refractivity contribution in [1.82, 2.24) is 4.98 Å². The number of fused-ring (bicyclic) bond motifs is 4. The summed E-state index contributed by atoms with van der Waals surface area (Å²) in [7, 11) is 0. The first-order chi connectivity index (χ1) is 12.3. The van der Waals surface area contributed by atoms with Crippen LogP contribution in [0.3, 0.4) is 0 Å². The number of hydrogen-bond donors (Lipinski definition) is 2. The van der Waals surface area contributed by atoms with E-state index in [1.807, 2.05) is 24.3 Å². The second-order valence-corrected chi connectivity index (χ2v) is 6.18. The lowest BCUT2D eigenvalue weighted by Gasteiger charge is -2.26. The van der Waals surface area contributed by atoms with Gasteiger partial charge in [0.25, 0.3) is 0 Å². The first kappa shape index (κ1) is 13.9. The molecule has 0 atom stereocenters. The van der Waals surface area contributed by atoms with E-state index in [1.165, 1.54) is 5.39 Å². The van der Waals surface area contributed by atoms with E-state index in [0.717, 1.165) is 39.7 Å². The summed E-state index contributed by atoms with van der Waals surface area (Å²) in [5.74, 6) is 0.983. The van der Waals surface area contributed by atoms with Gasteiger partial charge in [0.05, 0.1) is 5.69 Å². The third-order valence-electron chi connectivity index (χ3n) is 4.68. The Labute approximate surface area is 146 Å². The van der Waals surface area contributed by atoms with Crippen LogP contribution in [0.15, 0.2) is 85.4 Å². The molecule has 1 aliphatic heterocycles. The van der Waals surface area contributed by atoms with Crippen LogP contribution in [-0.2, 0) is 0 Å². The van der Waals surface area contributed by atoms with Crippen molar-refractivity contribution >= 4 is 39.5 Å². The molecule has 3 heteroatoms. The quantitative estimate of drug-likeness (QED) is 0.448. The minimum absolute atomic E-state index is 0.956. The number of para-hydroxylation sites is 3. The molecule has 25 heavy (non-hydrogen) atoms. The van der Waals surface area contributed by atoms with Gasteiger partial charge in [0, 0.05) is 33.5 Å². The van der Waals surface area contributed by atoms with E-state index in [0.29, 0.717) is 0 Å². The normalized spacial score (nSPS) is 13.1. The molecule has 0 unspecified atom stereocenters. The third kappa shape index (κ3) is 2.06. The number of H-pyrrole nitrogens is 1. The molecule has 2 N–H and O–H groups in total. The fourth-order valence-electron chi connectivity index (χ4n) is 3.55. The van der Waals surface area contributed by atoms with Gasteiger partial charge in [-0.15, -0.1) is 0 Å². The van der Waals surface area contributed by atoms with E-state index in [2.05, 4.69) is 76.4 Å². The Bertz CT molecular complexity index is 1090. The molecule has 3 aromatic carbocycles. The van der Waals surface area contributed by atoms with Crippen molar-refractivity contribution in [2.45, 2.75) is 0 Å². The second kappa shape index (κ2) is 5.28. The first-order valence-electron chi connectivity index (χ1n) is 8.34. The summed E-state index contributed by atoms with van der Waals surface area (Å²) >= 11 is 0. The monoisotopic (exact) mass is 323 g/mol. The van der Waals surface area contributed by atoms with Gasteiger partial charge in [-0.3, -0.25) is 0 Å². The van der Waals surface area contributed by atoms with Gasteiger partial charge in [0.1, 0.15) is 5.82 Å². The summed E-state index contributed by atoms with van der Waals surface area (Å²) in [6.07, 6.45) is 0. The van der Waals surface area contributed by atoms with Crippen molar-refractivity contribution in [1.29, 1.82) is 0 Å². The molecule has 1 aliphatic rings. The Hall–Kier alpha value is -3.46. The maximum absolute atomic E-state index is 4.43. The largest absolute Gasteiger partial charge is 0.339 e. The lowest BCUT2D eigenvalue weighted by molar-refractivity contribution is 1.32. The van der Waals surface area contributed by atoms with E-state index in [-0.39, 0.29) is 0 Å². The number of benzene rings is 3. The summed E-state index contributed by atoms with van der Waals surface area (Å²) < 4.78 is 0. The molecule has 120 valence electrons. The molecule has 0 radical (unpaired) electrons. The van der Waals surface area contributed by atoms with Crippen LogP contribution in [0.1, 0.15) is 5.56 Å². The van der Waals surface area contributed by atoms with Gasteiger partial charge in [0.2, 0.25) is 0 Å². The standard InChI is InChI=1S/C22H17N3/c1-15-17-11-5-7-13-19(17)23-22-21(18-12-6-8-14-20(18)24-22)25(15)16-9-3-2-4-10-16/h2-14,23-24H,1H2. The molecular weight excluding hydrogens is 306 g/mol. The molecule has 1 aromatic heterocycles. The number of nitrogens with zero attached hydrogens (tertiary/aromatic N) is 1. The highest BCUT2D eigenvalue weighted by Crippen LogP contribution is 2.47. The van der Waals surface area contributed by atoms with E-state index in [9.17, 15) is 0 Å². The van der Waals surface area contributed by atoms with Crippen molar-refractivity contribution in [3.05, 3.63) is 91.0 Å². The van der Waals surface area contributed by atoms with Crippen LogP contribution in [0, 0.1) is 0 Å². The number of nitrogens with one attached hydrogen (secondary N) is 2. The average Bonchev–Trinajstić information content (AvgIpc) is 2.95. The molecule has 3 nitrogen and oxygen atoms in total. The molecule has 0 aliphatic carbocycles. The van der Waals surface area contributed by atoms with Gasteiger partial charge < -0.3 is 15.2 Å². The van der Waals surface area contributed by atoms with E-state index < -0.39 is 0 Å². The van der Waals surface area contributed by atoms with E-state index in [4.69, 9.17) is 0 Å². The maximum atomic E-state index is 4.43. The topological polar surface area (TPSA) is 31.1 Å². The van der Waals surface area contributed by atoms with Crippen molar-refractivity contribution in [3.63, 3.8) is 0 Å². The number of aromatic amines is 1. The Morgan fingerprint density at radius 2 is 1.48 bits per heavy atom. The number of hydrogen-bond acceptors (Lipinski definition) is 2. The second-order valence-electron chi connectivity index (χ2n) is 6.18. The molecular formula is C22H17N3. The minimum atomic E-state index is 0.956. The highest BCUT2D eigenvalue weighted by molar-refractivity contribution is 6.09. The first-order valence-corrected chi connectivity index (χ1v) is 8.34. The third-order valence-corrected chi connectivity index (χ3v) is 4.68. The Morgan fingerprint density at radius 3 is 2.36 bits per heavy atom. The number of rotatable bonds is 1. The van der Waals surface area contributed by atoms with Crippen LogP contribution in [0.2, 0.25) is 0 Å². The fourth-order valence-corrected chi connectivity index (χ4v) is 3.55. The van der Waals surface area contributed by atoms with Gasteiger partial charge in [-0.05, 0) is 24.3 Å². The minimum Gasteiger partial charge on any atom is -0.339 e. The van der Waals surface area contributed by atoms with Gasteiger partial charge in [-0.25, -0.2) is 0 Å². The molecule has 0 bridgehead atoms. The van der Waals surface area contributed by atoms with Gasteiger partial charge in [-0.1, -0.05) is 61.2 Å². The molecule has 0 saturated heterocycles. The highest BCUT2D eigenvalue weighted by atomic mass is 15.2. The van der Waals surface area contributed by atoms with Crippen molar-refractivity contribution in [2.75, 3.05) is 10.2 Å². The van der Waals surface area contributed by atoms with Crippen LogP contribution in [0.4, 0.5) is 22.9 Å². The Balaban J connectivity index is 1.86. The number of aromatic nitrogens is 1. The molecule has 4 aromatic rings. The van der Waals surface area contributed by atoms with Crippen molar-refractivity contribution < 1.29 is 0 Å². The molecule has 0 fully saturated rings. The Kier molecular flexibility index (Phi) is 2.94. The van der Waals surface area contributed by atoms with E-state index >= 15 is 0 Å². The van der Waals surface area contributed by atoms with Crippen molar-refractivity contribution in [3.8, 4) is 0 Å². The highest BCUT2D eigenvalue weighted by Gasteiger charge is 2.27. The zero-order valence-corrected chi connectivity index (χ0v) is 13.7. The Morgan fingerprint density at radius 1 is 0.760 bits per heavy atom. The molecule has 0 saturated carbocycles. The van der Waals surface area contributed by atoms with Gasteiger partial charge >= 0.3 is 0 Å². The summed E-state index contributed by atoms with van der Waals surface area (Å²) in [4.78, 5) is 5.75. The van der Waals surface area contributed by atoms with Crippen LogP contribution < -0.4 is 10.2 Å². The smallest absolute Gasteiger partial charge is 0.133 e. The molecule has 2 heterocycles. The summed E-state index contributed by atoms with van der Waals surface area (Å²) in [5.41, 5.74) is 6.41. The van der Waals surface area contributed by atoms with Crippen LogP contribution >= 0.6 is 0 Å². The molecule has 0 spiro atoms. The van der Waals surface area contributed by atoms with Gasteiger partial charge in [-0.2, -0.15) is 0 Å². The summed E-state index contributed by atoms with van der Waals surface area (Å²) in [5, 5.41) is 4.73. The zero-order chi connectivity index (χ0) is 16.8. The summed E-state index contributed by atoms with van der Waals surface area (Å²) in [6, 6.07) is 27.0. The molecule has 0 amide bonds. The maximum Gasteiger partial charge on any atom is 0.133 e. The molecule has 5 rings (SSSR count).